The summed E-state index contributed by atoms with van der Waals surface area (Å²) in [5.74, 6) is -0.445. The van der Waals surface area contributed by atoms with Crippen LogP contribution in [-0.2, 0) is 17.7 Å². The molecule has 18 heavy (non-hydrogen) atoms. The van der Waals surface area contributed by atoms with E-state index in [1.807, 2.05) is 0 Å². The van der Waals surface area contributed by atoms with Gasteiger partial charge in [-0.05, 0) is 48.8 Å². The lowest BCUT2D eigenvalue weighted by Crippen LogP contribution is -2.17. The minimum absolute atomic E-state index is 0.178. The maximum absolute atomic E-state index is 13.7. The fraction of sp³-hybridized carbons (Fsp3) is 0.571. The molecule has 0 spiro atoms. The van der Waals surface area contributed by atoms with Crippen molar-refractivity contribution in [3.8, 4) is 0 Å². The highest BCUT2D eigenvalue weighted by atomic mass is 19.1. The molecule has 0 amide bonds. The molecule has 1 aromatic rings. The van der Waals surface area contributed by atoms with Crippen LogP contribution in [0.15, 0.2) is 12.1 Å². The third kappa shape index (κ3) is 3.27. The zero-order chi connectivity index (χ0) is 13.0. The molecule has 0 bridgehead atoms. The SMILES string of the molecule is NCc1cc(F)cc(F)c1CCC1CCOCC1. The van der Waals surface area contributed by atoms with Gasteiger partial charge in [-0.25, -0.2) is 8.78 Å². The first kappa shape index (κ1) is 13.4. The number of nitrogens with two attached hydrogens (primary N) is 1. The topological polar surface area (TPSA) is 35.2 Å². The van der Waals surface area contributed by atoms with Gasteiger partial charge in [-0.15, -0.1) is 0 Å². The Hall–Kier alpha value is -1.00. The summed E-state index contributed by atoms with van der Waals surface area (Å²) < 4.78 is 32.1. The molecule has 0 atom stereocenters. The van der Waals surface area contributed by atoms with E-state index < -0.39 is 11.6 Å². The largest absolute Gasteiger partial charge is 0.381 e. The molecule has 4 heteroatoms. The summed E-state index contributed by atoms with van der Waals surface area (Å²) in [5.41, 5.74) is 6.70. The van der Waals surface area contributed by atoms with Gasteiger partial charge in [0.1, 0.15) is 11.6 Å². The van der Waals surface area contributed by atoms with E-state index in [4.69, 9.17) is 10.5 Å². The molecule has 0 aromatic heterocycles. The predicted molar refractivity (Wildman–Crippen MR) is 66.1 cm³/mol. The van der Waals surface area contributed by atoms with Crippen LogP contribution < -0.4 is 5.73 Å². The van der Waals surface area contributed by atoms with Gasteiger partial charge in [0, 0.05) is 25.8 Å². The number of hydrogen-bond donors (Lipinski definition) is 1. The van der Waals surface area contributed by atoms with Crippen molar-refractivity contribution in [1.29, 1.82) is 0 Å². The Bertz CT molecular complexity index is 403. The summed E-state index contributed by atoms with van der Waals surface area (Å²) in [7, 11) is 0. The molecule has 0 saturated carbocycles. The van der Waals surface area contributed by atoms with Gasteiger partial charge in [0.05, 0.1) is 0 Å². The molecular weight excluding hydrogens is 236 g/mol. The lowest BCUT2D eigenvalue weighted by atomic mass is 9.91. The Balaban J connectivity index is 2.03. The molecule has 0 radical (unpaired) electrons. The first-order chi connectivity index (χ1) is 8.70. The van der Waals surface area contributed by atoms with Gasteiger partial charge in [0.15, 0.2) is 0 Å². The van der Waals surface area contributed by atoms with Crippen LogP contribution in [0.2, 0.25) is 0 Å². The quantitative estimate of drug-likeness (QED) is 0.898. The van der Waals surface area contributed by atoms with E-state index >= 15 is 0 Å². The molecule has 1 aliphatic rings. The number of benzene rings is 1. The summed E-state index contributed by atoms with van der Waals surface area (Å²) in [6.45, 7) is 1.76. The maximum Gasteiger partial charge on any atom is 0.129 e. The predicted octanol–water partition coefficient (Wildman–Crippen LogP) is 2.78. The molecule has 2 rings (SSSR count). The van der Waals surface area contributed by atoms with E-state index in [1.165, 1.54) is 6.07 Å². The Morgan fingerprint density at radius 3 is 2.61 bits per heavy atom. The minimum Gasteiger partial charge on any atom is -0.381 e. The van der Waals surface area contributed by atoms with Crippen LogP contribution in [0.1, 0.15) is 30.4 Å². The fourth-order valence-electron chi connectivity index (χ4n) is 2.50. The van der Waals surface area contributed by atoms with Crippen LogP contribution in [0.5, 0.6) is 0 Å². The van der Waals surface area contributed by atoms with Crippen molar-refractivity contribution in [2.75, 3.05) is 13.2 Å². The number of halogens is 2. The molecule has 1 aromatic carbocycles. The van der Waals surface area contributed by atoms with Crippen LogP contribution in [-0.4, -0.2) is 13.2 Å². The Kier molecular flexibility index (Phi) is 4.66. The normalized spacial score (nSPS) is 17.1. The lowest BCUT2D eigenvalue weighted by Gasteiger charge is -2.22. The maximum atomic E-state index is 13.7. The second kappa shape index (κ2) is 6.25. The van der Waals surface area contributed by atoms with E-state index in [1.54, 1.807) is 0 Å². The van der Waals surface area contributed by atoms with E-state index in [2.05, 4.69) is 0 Å². The van der Waals surface area contributed by atoms with E-state index in [0.717, 1.165) is 38.5 Å². The molecule has 1 saturated heterocycles. The first-order valence-corrected chi connectivity index (χ1v) is 6.45. The number of rotatable bonds is 4. The van der Waals surface area contributed by atoms with Crippen molar-refractivity contribution in [3.63, 3.8) is 0 Å². The van der Waals surface area contributed by atoms with Crippen molar-refractivity contribution < 1.29 is 13.5 Å². The molecule has 0 aliphatic carbocycles. The fourth-order valence-corrected chi connectivity index (χ4v) is 2.50. The van der Waals surface area contributed by atoms with Crippen molar-refractivity contribution >= 4 is 0 Å². The van der Waals surface area contributed by atoms with Crippen molar-refractivity contribution in [2.24, 2.45) is 11.7 Å². The minimum atomic E-state index is -0.553. The van der Waals surface area contributed by atoms with Crippen molar-refractivity contribution in [2.45, 2.75) is 32.2 Å². The molecular formula is C14H19F2NO. The van der Waals surface area contributed by atoms with Gasteiger partial charge in [0.2, 0.25) is 0 Å². The van der Waals surface area contributed by atoms with E-state index in [9.17, 15) is 8.78 Å². The highest BCUT2D eigenvalue weighted by Gasteiger charge is 2.16. The summed E-state index contributed by atoms with van der Waals surface area (Å²) in [5, 5.41) is 0. The highest BCUT2D eigenvalue weighted by molar-refractivity contribution is 5.29. The second-order valence-corrected chi connectivity index (χ2v) is 4.82. The molecule has 1 heterocycles. The summed E-state index contributed by atoms with van der Waals surface area (Å²) in [4.78, 5) is 0. The molecule has 2 N–H and O–H groups in total. The zero-order valence-corrected chi connectivity index (χ0v) is 10.4. The van der Waals surface area contributed by atoms with E-state index in [0.29, 0.717) is 23.5 Å². The molecule has 0 unspecified atom stereocenters. The van der Waals surface area contributed by atoms with Gasteiger partial charge in [-0.3, -0.25) is 0 Å². The van der Waals surface area contributed by atoms with Gasteiger partial charge in [-0.1, -0.05) is 0 Å². The molecule has 1 aliphatic heterocycles. The second-order valence-electron chi connectivity index (χ2n) is 4.82. The summed E-state index contributed by atoms with van der Waals surface area (Å²) in [6, 6.07) is 2.28. The third-order valence-electron chi connectivity index (χ3n) is 3.62. The number of ether oxygens (including phenoxy) is 1. The first-order valence-electron chi connectivity index (χ1n) is 6.45. The zero-order valence-electron chi connectivity index (χ0n) is 10.4. The molecule has 100 valence electrons. The Morgan fingerprint density at radius 1 is 1.22 bits per heavy atom. The third-order valence-corrected chi connectivity index (χ3v) is 3.62. The molecule has 1 fully saturated rings. The Labute approximate surface area is 106 Å². The average Bonchev–Trinajstić information content (AvgIpc) is 2.38. The van der Waals surface area contributed by atoms with E-state index in [-0.39, 0.29) is 6.54 Å². The van der Waals surface area contributed by atoms with Gasteiger partial charge >= 0.3 is 0 Å². The lowest BCUT2D eigenvalue weighted by molar-refractivity contribution is 0.0639. The van der Waals surface area contributed by atoms with Gasteiger partial charge < -0.3 is 10.5 Å². The van der Waals surface area contributed by atoms with Crippen LogP contribution in [0, 0.1) is 17.6 Å². The summed E-state index contributed by atoms with van der Waals surface area (Å²) >= 11 is 0. The van der Waals surface area contributed by atoms with Crippen LogP contribution in [0.25, 0.3) is 0 Å². The average molecular weight is 255 g/mol. The Morgan fingerprint density at radius 2 is 1.94 bits per heavy atom. The van der Waals surface area contributed by atoms with Gasteiger partial charge in [0.25, 0.3) is 0 Å². The monoisotopic (exact) mass is 255 g/mol. The highest BCUT2D eigenvalue weighted by Crippen LogP contribution is 2.24. The smallest absolute Gasteiger partial charge is 0.129 e. The van der Waals surface area contributed by atoms with Crippen LogP contribution in [0.4, 0.5) is 8.78 Å². The van der Waals surface area contributed by atoms with Crippen molar-refractivity contribution in [1.82, 2.24) is 0 Å². The molecule has 2 nitrogen and oxygen atoms in total. The number of hydrogen-bond acceptors (Lipinski definition) is 2. The standard InChI is InChI=1S/C14H19F2NO/c15-12-7-11(9-17)13(14(16)8-12)2-1-10-3-5-18-6-4-10/h7-8,10H,1-6,9,17H2. The van der Waals surface area contributed by atoms with Crippen molar-refractivity contribution in [3.05, 3.63) is 34.9 Å². The van der Waals surface area contributed by atoms with Crippen LogP contribution in [0.3, 0.4) is 0 Å². The summed E-state index contributed by atoms with van der Waals surface area (Å²) in [6.07, 6.45) is 3.60. The van der Waals surface area contributed by atoms with Gasteiger partial charge in [-0.2, -0.15) is 0 Å². The van der Waals surface area contributed by atoms with Crippen LogP contribution >= 0.6 is 0 Å².